The largest absolute Gasteiger partial charge is 0.336 e. The Bertz CT molecular complexity index is 361. The topological polar surface area (TPSA) is 26.3 Å². The molecular weight excluding hydrogens is 280 g/mol. The van der Waals surface area contributed by atoms with E-state index in [9.17, 15) is 4.79 Å². The maximum Gasteiger partial charge on any atom is 0.132 e. The maximum atomic E-state index is 11.4. The van der Waals surface area contributed by atoms with Crippen molar-refractivity contribution in [3.63, 3.8) is 0 Å². The summed E-state index contributed by atoms with van der Waals surface area (Å²) in [5.41, 5.74) is 0.511. The fourth-order valence-electron chi connectivity index (χ4n) is 3.46. The summed E-state index contributed by atoms with van der Waals surface area (Å²) in [5.74, 6) is 1.23. The smallest absolute Gasteiger partial charge is 0.132 e. The molecule has 2 rings (SSSR count). The lowest BCUT2D eigenvalue weighted by Crippen LogP contribution is -2.34. The van der Waals surface area contributed by atoms with E-state index >= 15 is 0 Å². The molecule has 2 fully saturated rings. The molecule has 0 heterocycles. The van der Waals surface area contributed by atoms with Gasteiger partial charge in [0.2, 0.25) is 0 Å². The summed E-state index contributed by atoms with van der Waals surface area (Å²) in [6.07, 6.45) is 13.8. The Morgan fingerprint density at radius 2 is 1.62 bits per heavy atom. The lowest BCUT2D eigenvalue weighted by molar-refractivity contribution is -0.123. The van der Waals surface area contributed by atoms with Gasteiger partial charge in [-0.1, -0.05) is 20.8 Å². The lowest BCUT2D eigenvalue weighted by atomic mass is 9.63. The molecule has 0 radical (unpaired) electrons. The van der Waals surface area contributed by atoms with E-state index in [0.717, 1.165) is 38.2 Å². The Hall–Kier alpha value is -0.0200. The highest BCUT2D eigenvalue weighted by Crippen LogP contribution is 2.55. The highest BCUT2D eigenvalue weighted by atomic mass is 32.3. The molecule has 0 bridgehead atoms. The van der Waals surface area contributed by atoms with Gasteiger partial charge in [-0.15, -0.1) is 10.3 Å². The fourth-order valence-corrected chi connectivity index (χ4v) is 4.35. The van der Waals surface area contributed by atoms with Crippen LogP contribution in [0.3, 0.4) is 0 Å². The van der Waals surface area contributed by atoms with Crippen molar-refractivity contribution < 1.29 is 8.98 Å². The third-order valence-corrected chi connectivity index (χ3v) is 9.78. The van der Waals surface area contributed by atoms with Crippen LogP contribution in [0, 0.1) is 11.3 Å². The van der Waals surface area contributed by atoms with Crippen LogP contribution >= 0.6 is 10.3 Å². The number of ketones is 1. The molecule has 2 nitrogen and oxygen atoms in total. The molecule has 0 aliphatic heterocycles. The second-order valence-electron chi connectivity index (χ2n) is 8.61. The molecule has 21 heavy (non-hydrogen) atoms. The second-order valence-corrected chi connectivity index (χ2v) is 12.5. The van der Waals surface area contributed by atoms with Gasteiger partial charge in [-0.05, 0) is 62.4 Å². The van der Waals surface area contributed by atoms with Crippen molar-refractivity contribution in [1.29, 1.82) is 0 Å². The van der Waals surface area contributed by atoms with E-state index in [4.69, 9.17) is 4.18 Å². The first-order valence-corrected chi connectivity index (χ1v) is 10.9. The molecule has 2 aliphatic rings. The Morgan fingerprint density at radius 3 is 2.10 bits per heavy atom. The first-order chi connectivity index (χ1) is 9.64. The zero-order valence-corrected chi connectivity index (χ0v) is 15.5. The van der Waals surface area contributed by atoms with Gasteiger partial charge in [0.25, 0.3) is 0 Å². The Balaban J connectivity index is 1.78. The van der Waals surface area contributed by atoms with E-state index in [-0.39, 0.29) is 4.75 Å². The van der Waals surface area contributed by atoms with Crippen molar-refractivity contribution in [1.82, 2.24) is 0 Å². The summed E-state index contributed by atoms with van der Waals surface area (Å²) in [7, 11) is -0.982. The molecule has 124 valence electrons. The van der Waals surface area contributed by atoms with Crippen molar-refractivity contribution in [3.05, 3.63) is 0 Å². The summed E-state index contributed by atoms with van der Waals surface area (Å²) < 4.78 is 6.61. The van der Waals surface area contributed by atoms with Crippen molar-refractivity contribution in [2.45, 2.75) is 76.9 Å². The van der Waals surface area contributed by atoms with Crippen LogP contribution in [0.2, 0.25) is 0 Å². The first-order valence-electron chi connectivity index (χ1n) is 8.53. The number of carbonyl (C=O) groups is 1. The van der Waals surface area contributed by atoms with Crippen molar-refractivity contribution in [3.8, 4) is 0 Å². The predicted molar refractivity (Wildman–Crippen MR) is 93.0 cm³/mol. The van der Waals surface area contributed by atoms with Crippen molar-refractivity contribution in [2.24, 2.45) is 11.3 Å². The maximum absolute atomic E-state index is 11.4. The van der Waals surface area contributed by atoms with Gasteiger partial charge in [0.1, 0.15) is 5.78 Å². The summed E-state index contributed by atoms with van der Waals surface area (Å²) in [5, 5.41) is 0. The molecule has 1 spiro atoms. The molecule has 2 saturated carbocycles. The minimum Gasteiger partial charge on any atom is -0.336 e. The van der Waals surface area contributed by atoms with Crippen LogP contribution in [0.4, 0.5) is 0 Å². The van der Waals surface area contributed by atoms with E-state index < -0.39 is 10.3 Å². The van der Waals surface area contributed by atoms with Gasteiger partial charge in [-0.2, -0.15) is 0 Å². The summed E-state index contributed by atoms with van der Waals surface area (Å²) in [4.78, 5) is 11.4. The minimum absolute atomic E-state index is 0.257. The van der Waals surface area contributed by atoms with E-state index in [0.29, 0.717) is 11.2 Å². The molecule has 0 amide bonds. The summed E-state index contributed by atoms with van der Waals surface area (Å²) >= 11 is 0. The summed E-state index contributed by atoms with van der Waals surface area (Å²) in [6.45, 7) is 7.81. The minimum atomic E-state index is -0.982. The van der Waals surface area contributed by atoms with Crippen LogP contribution < -0.4 is 0 Å². The Labute approximate surface area is 132 Å². The molecule has 0 N–H and O–H groups in total. The number of rotatable bonds is 3. The number of Topliss-reactive ketones (excluding diaryl/α,β-unsaturated/α-hetero) is 1. The molecule has 0 saturated heterocycles. The molecular formula is C18H34O2S. The van der Waals surface area contributed by atoms with E-state index in [1.807, 2.05) is 0 Å². The van der Waals surface area contributed by atoms with Gasteiger partial charge < -0.3 is 4.18 Å². The molecule has 0 aromatic heterocycles. The molecule has 0 unspecified atom stereocenters. The standard InChI is InChI=1S/C18H34O2S/c1-17(2,3)21(4,5)20-14-15-6-10-18(11-7-15)12-8-16(19)9-13-18/h15H,6-14H2,1-5H3. The lowest BCUT2D eigenvalue weighted by Gasteiger charge is -2.46. The number of carbonyl (C=O) groups excluding carboxylic acids is 1. The van der Waals surface area contributed by atoms with Crippen molar-refractivity contribution >= 4 is 16.1 Å². The molecule has 0 aromatic carbocycles. The SMILES string of the molecule is CC(C)(C)S(C)(C)OCC1CCC2(CCC(=O)CC2)CC1. The summed E-state index contributed by atoms with van der Waals surface area (Å²) in [6, 6.07) is 0. The molecule has 2 aliphatic carbocycles. The number of hydrogen-bond acceptors (Lipinski definition) is 2. The van der Waals surface area contributed by atoms with Crippen LogP contribution in [0.1, 0.15) is 72.1 Å². The van der Waals surface area contributed by atoms with Crippen LogP contribution in [0.5, 0.6) is 0 Å². The highest BCUT2D eigenvalue weighted by molar-refractivity contribution is 8.29. The van der Waals surface area contributed by atoms with E-state index in [1.54, 1.807) is 0 Å². The Kier molecular flexibility index (Phi) is 5.15. The molecule has 3 heteroatoms. The second kappa shape index (κ2) is 6.23. The van der Waals surface area contributed by atoms with Gasteiger partial charge >= 0.3 is 0 Å². The molecule has 0 aromatic rings. The van der Waals surface area contributed by atoms with Crippen LogP contribution in [-0.4, -0.2) is 29.6 Å². The normalized spacial score (nSPS) is 25.3. The highest BCUT2D eigenvalue weighted by Gasteiger charge is 2.38. The average Bonchev–Trinajstić information content (AvgIpc) is 2.41. The van der Waals surface area contributed by atoms with Gasteiger partial charge in [-0.25, -0.2) is 0 Å². The first kappa shape index (κ1) is 17.3. The van der Waals surface area contributed by atoms with Gasteiger partial charge in [0.15, 0.2) is 0 Å². The zero-order valence-electron chi connectivity index (χ0n) is 14.7. The van der Waals surface area contributed by atoms with Crippen molar-refractivity contribution in [2.75, 3.05) is 19.1 Å². The fraction of sp³-hybridized carbons (Fsp3) is 0.944. The quantitative estimate of drug-likeness (QED) is 0.724. The zero-order chi connectivity index (χ0) is 15.7. The van der Waals surface area contributed by atoms with Crippen LogP contribution in [0.15, 0.2) is 0 Å². The van der Waals surface area contributed by atoms with Gasteiger partial charge in [-0.3, -0.25) is 4.79 Å². The van der Waals surface area contributed by atoms with E-state index in [2.05, 4.69) is 33.3 Å². The molecule has 0 atom stereocenters. The van der Waals surface area contributed by atoms with E-state index in [1.165, 1.54) is 25.7 Å². The number of hydrogen-bond donors (Lipinski definition) is 0. The Morgan fingerprint density at radius 1 is 1.10 bits per heavy atom. The monoisotopic (exact) mass is 314 g/mol. The van der Waals surface area contributed by atoms with Crippen LogP contribution in [0.25, 0.3) is 0 Å². The van der Waals surface area contributed by atoms with Crippen LogP contribution in [-0.2, 0) is 8.98 Å². The average molecular weight is 315 g/mol. The third kappa shape index (κ3) is 4.25. The predicted octanol–water partition coefficient (Wildman–Crippen LogP) is 5.10. The third-order valence-electron chi connectivity index (χ3n) is 6.11. The van der Waals surface area contributed by atoms with Gasteiger partial charge in [0.05, 0.1) is 6.61 Å². The van der Waals surface area contributed by atoms with Gasteiger partial charge in [0, 0.05) is 17.6 Å².